The van der Waals surface area contributed by atoms with Crippen molar-refractivity contribution in [3.8, 4) is 0 Å². The third-order valence-corrected chi connectivity index (χ3v) is 4.73. The van der Waals surface area contributed by atoms with Gasteiger partial charge in [-0.2, -0.15) is 13.2 Å². The van der Waals surface area contributed by atoms with Crippen LogP contribution in [0.5, 0.6) is 0 Å². The van der Waals surface area contributed by atoms with Crippen molar-refractivity contribution in [1.82, 2.24) is 9.88 Å². The molecule has 0 fully saturated rings. The maximum Gasteiger partial charge on any atom is 0.418 e. The van der Waals surface area contributed by atoms with Gasteiger partial charge in [0.1, 0.15) is 6.54 Å². The van der Waals surface area contributed by atoms with Crippen LogP contribution in [-0.2, 0) is 20.5 Å². The topological polar surface area (TPSA) is 71.5 Å². The molecule has 2 aromatic carbocycles. The molecule has 2 amide bonds. The Morgan fingerprint density at radius 2 is 1.79 bits per heavy atom. The van der Waals surface area contributed by atoms with Crippen LogP contribution in [0.1, 0.15) is 11.3 Å². The first-order valence-corrected chi connectivity index (χ1v) is 10.1. The van der Waals surface area contributed by atoms with E-state index in [2.05, 4.69) is 10.3 Å². The number of hydrogen-bond acceptors (Lipinski definition) is 4. The fraction of sp³-hybridized carbons (Fsp3) is 0.208. The number of rotatable bonds is 8. The monoisotopic (exact) mass is 457 g/mol. The van der Waals surface area contributed by atoms with Crippen molar-refractivity contribution in [2.24, 2.45) is 0 Å². The number of methoxy groups -OCH3 is 1. The number of amides is 2. The Hall–Kier alpha value is -3.72. The van der Waals surface area contributed by atoms with Crippen LogP contribution in [0, 0.1) is 0 Å². The Morgan fingerprint density at radius 3 is 2.55 bits per heavy atom. The molecule has 0 saturated heterocycles. The molecule has 1 aromatic heterocycles. The summed E-state index contributed by atoms with van der Waals surface area (Å²) in [5.41, 5.74) is -0.0104. The van der Waals surface area contributed by atoms with E-state index in [-0.39, 0.29) is 18.8 Å². The number of para-hydroxylation sites is 2. The maximum absolute atomic E-state index is 13.2. The number of carbonyl (C=O) groups excluding carboxylic acids is 2. The first kappa shape index (κ1) is 23.9. The normalized spacial score (nSPS) is 11.6. The van der Waals surface area contributed by atoms with Crippen LogP contribution in [-0.4, -0.2) is 48.5 Å². The van der Waals surface area contributed by atoms with Crippen LogP contribution in [0.15, 0.2) is 66.7 Å². The quantitative estimate of drug-likeness (QED) is 0.510. The molecule has 1 heterocycles. The van der Waals surface area contributed by atoms with Crippen molar-refractivity contribution >= 4 is 34.5 Å². The van der Waals surface area contributed by atoms with Crippen LogP contribution >= 0.6 is 0 Å². The molecule has 0 aliphatic rings. The second kappa shape index (κ2) is 10.7. The maximum atomic E-state index is 13.2. The van der Waals surface area contributed by atoms with Gasteiger partial charge >= 0.3 is 6.18 Å². The number of aromatic nitrogens is 1. The number of nitrogens with zero attached hydrogens (tertiary/aromatic N) is 2. The van der Waals surface area contributed by atoms with E-state index in [1.165, 1.54) is 36.3 Å². The Morgan fingerprint density at radius 1 is 1.06 bits per heavy atom. The minimum Gasteiger partial charge on any atom is -0.383 e. The molecule has 0 unspecified atom stereocenters. The summed E-state index contributed by atoms with van der Waals surface area (Å²) < 4.78 is 44.5. The summed E-state index contributed by atoms with van der Waals surface area (Å²) in [5.74, 6) is -1.25. The van der Waals surface area contributed by atoms with Crippen LogP contribution in [0.4, 0.5) is 18.9 Å². The van der Waals surface area contributed by atoms with Gasteiger partial charge in [0.05, 0.1) is 29.1 Å². The number of carbonyl (C=O) groups is 2. The second-order valence-corrected chi connectivity index (χ2v) is 7.11. The number of nitrogens with one attached hydrogen (secondary N) is 1. The van der Waals surface area contributed by atoms with Crippen molar-refractivity contribution in [3.05, 3.63) is 78.0 Å². The molecular weight excluding hydrogens is 435 g/mol. The average Bonchev–Trinajstić information content (AvgIpc) is 2.79. The van der Waals surface area contributed by atoms with Crippen molar-refractivity contribution < 1.29 is 27.5 Å². The van der Waals surface area contributed by atoms with E-state index in [4.69, 9.17) is 4.74 Å². The summed E-state index contributed by atoms with van der Waals surface area (Å²) in [5, 5.41) is 3.20. The SMILES string of the molecule is COCCN(CC(=O)Nc1ccccc1C(F)(F)F)C(=O)C=Cc1ccc2ccccc2n1. The number of anilines is 1. The van der Waals surface area contributed by atoms with Gasteiger partial charge in [-0.1, -0.05) is 36.4 Å². The molecule has 0 bridgehead atoms. The van der Waals surface area contributed by atoms with Crippen molar-refractivity contribution in [2.45, 2.75) is 6.18 Å². The lowest BCUT2D eigenvalue weighted by Crippen LogP contribution is -2.39. The number of alkyl halides is 3. The van der Waals surface area contributed by atoms with Crippen LogP contribution in [0.2, 0.25) is 0 Å². The number of pyridine rings is 1. The van der Waals surface area contributed by atoms with Gasteiger partial charge in [-0.15, -0.1) is 0 Å². The molecule has 0 radical (unpaired) electrons. The third kappa shape index (κ3) is 6.63. The molecule has 0 spiro atoms. The van der Waals surface area contributed by atoms with E-state index in [0.29, 0.717) is 5.69 Å². The van der Waals surface area contributed by atoms with Gasteiger partial charge < -0.3 is 15.0 Å². The standard InChI is InChI=1S/C24H22F3N3O3/c1-33-15-14-30(16-22(31)29-21-9-5-3-7-19(21)24(25,26)27)23(32)13-12-18-11-10-17-6-2-4-8-20(17)28-18/h2-13H,14-16H2,1H3,(H,29,31). The molecule has 0 aliphatic carbocycles. The minimum absolute atomic E-state index is 0.0825. The molecule has 3 aromatic rings. The highest BCUT2D eigenvalue weighted by molar-refractivity contribution is 5.98. The molecule has 0 saturated carbocycles. The summed E-state index contributed by atoms with van der Waals surface area (Å²) in [6.07, 6.45) is -1.83. The molecule has 0 atom stereocenters. The van der Waals surface area contributed by atoms with Crippen LogP contribution in [0.3, 0.4) is 0 Å². The van der Waals surface area contributed by atoms with Gasteiger partial charge in [0.2, 0.25) is 11.8 Å². The van der Waals surface area contributed by atoms with E-state index >= 15 is 0 Å². The highest BCUT2D eigenvalue weighted by Crippen LogP contribution is 2.34. The number of fused-ring (bicyclic) bond motifs is 1. The molecule has 33 heavy (non-hydrogen) atoms. The fourth-order valence-electron chi connectivity index (χ4n) is 3.11. The molecular formula is C24H22F3N3O3. The Bertz CT molecular complexity index is 1160. The predicted octanol–water partition coefficient (Wildman–Crippen LogP) is 4.38. The van der Waals surface area contributed by atoms with Crippen molar-refractivity contribution in [3.63, 3.8) is 0 Å². The number of benzene rings is 2. The zero-order valence-corrected chi connectivity index (χ0v) is 17.8. The number of ether oxygens (including phenoxy) is 1. The second-order valence-electron chi connectivity index (χ2n) is 7.11. The number of hydrogen-bond donors (Lipinski definition) is 1. The van der Waals surface area contributed by atoms with E-state index in [1.54, 1.807) is 6.07 Å². The third-order valence-electron chi connectivity index (χ3n) is 4.73. The smallest absolute Gasteiger partial charge is 0.383 e. The lowest BCUT2D eigenvalue weighted by atomic mass is 10.1. The van der Waals surface area contributed by atoms with Crippen molar-refractivity contribution in [1.29, 1.82) is 0 Å². The summed E-state index contributed by atoms with van der Waals surface area (Å²) in [4.78, 5) is 30.8. The molecule has 9 heteroatoms. The van der Waals surface area contributed by atoms with E-state index in [9.17, 15) is 22.8 Å². The zero-order valence-electron chi connectivity index (χ0n) is 17.8. The summed E-state index contributed by atoms with van der Waals surface area (Å²) >= 11 is 0. The van der Waals surface area contributed by atoms with Crippen LogP contribution in [0.25, 0.3) is 17.0 Å². The zero-order chi connectivity index (χ0) is 23.8. The van der Waals surface area contributed by atoms with Gasteiger partial charge in [-0.05, 0) is 30.3 Å². The van der Waals surface area contributed by atoms with E-state index in [1.807, 2.05) is 30.3 Å². The van der Waals surface area contributed by atoms with Crippen molar-refractivity contribution in [2.75, 3.05) is 32.1 Å². The van der Waals surface area contributed by atoms with Gasteiger partial charge in [0.25, 0.3) is 0 Å². The Balaban J connectivity index is 1.71. The minimum atomic E-state index is -4.62. The van der Waals surface area contributed by atoms with Gasteiger partial charge in [0, 0.05) is 25.1 Å². The Kier molecular flexibility index (Phi) is 7.78. The first-order valence-electron chi connectivity index (χ1n) is 10.1. The summed E-state index contributed by atoms with van der Waals surface area (Å²) in [6, 6.07) is 15.8. The number of halogens is 3. The Labute approximate surface area is 188 Å². The lowest BCUT2D eigenvalue weighted by molar-refractivity contribution is -0.137. The summed E-state index contributed by atoms with van der Waals surface area (Å²) in [6.45, 7) is -0.205. The largest absolute Gasteiger partial charge is 0.418 e. The average molecular weight is 457 g/mol. The molecule has 172 valence electrons. The molecule has 1 N–H and O–H groups in total. The molecule has 3 rings (SSSR count). The highest BCUT2D eigenvalue weighted by atomic mass is 19.4. The van der Waals surface area contributed by atoms with Gasteiger partial charge in [0.15, 0.2) is 0 Å². The highest BCUT2D eigenvalue weighted by Gasteiger charge is 2.33. The predicted molar refractivity (Wildman–Crippen MR) is 119 cm³/mol. The summed E-state index contributed by atoms with van der Waals surface area (Å²) in [7, 11) is 1.44. The molecule has 0 aliphatic heterocycles. The fourth-order valence-corrected chi connectivity index (χ4v) is 3.11. The molecule has 6 nitrogen and oxygen atoms in total. The van der Waals surface area contributed by atoms with Gasteiger partial charge in [-0.3, -0.25) is 9.59 Å². The van der Waals surface area contributed by atoms with Crippen LogP contribution < -0.4 is 5.32 Å². The van der Waals surface area contributed by atoms with Gasteiger partial charge in [-0.25, -0.2) is 4.98 Å². The lowest BCUT2D eigenvalue weighted by Gasteiger charge is -2.21. The van der Waals surface area contributed by atoms with E-state index < -0.39 is 30.1 Å². The first-order chi connectivity index (χ1) is 15.8. The van der Waals surface area contributed by atoms with E-state index in [0.717, 1.165) is 23.0 Å².